The van der Waals surface area contributed by atoms with Crippen molar-refractivity contribution in [3.8, 4) is 17.3 Å². The van der Waals surface area contributed by atoms with E-state index in [4.69, 9.17) is 11.0 Å². The van der Waals surface area contributed by atoms with Crippen molar-refractivity contribution in [2.24, 2.45) is 0 Å². The molecule has 0 aliphatic heterocycles. The van der Waals surface area contributed by atoms with E-state index in [1.165, 1.54) is 11.3 Å². The number of aromatic nitrogens is 1. The zero-order chi connectivity index (χ0) is 10.8. The number of nitrogen functional groups attached to an aromatic ring is 1. The van der Waals surface area contributed by atoms with E-state index < -0.39 is 0 Å². The highest BCUT2D eigenvalue weighted by molar-refractivity contribution is 9.11. The lowest BCUT2D eigenvalue weighted by molar-refractivity contribution is 1.39. The van der Waals surface area contributed by atoms with Crippen LogP contribution in [0.15, 0.2) is 28.1 Å². The summed E-state index contributed by atoms with van der Waals surface area (Å²) in [5.74, 6) is 0. The monoisotopic (exact) mass is 279 g/mol. The van der Waals surface area contributed by atoms with Crippen LogP contribution in [-0.4, -0.2) is 4.98 Å². The first-order valence-corrected chi connectivity index (χ1v) is 5.74. The highest BCUT2D eigenvalue weighted by Gasteiger charge is 2.09. The number of nitriles is 1. The second kappa shape index (κ2) is 4.01. The lowest BCUT2D eigenvalue weighted by Gasteiger charge is -1.97. The van der Waals surface area contributed by atoms with Crippen molar-refractivity contribution >= 4 is 32.4 Å². The van der Waals surface area contributed by atoms with Crippen molar-refractivity contribution in [1.82, 2.24) is 4.98 Å². The van der Waals surface area contributed by atoms with Gasteiger partial charge in [-0.3, -0.25) is 0 Å². The fourth-order valence-corrected chi connectivity index (χ4v) is 2.63. The third-order valence-corrected chi connectivity index (χ3v) is 3.40. The van der Waals surface area contributed by atoms with Crippen LogP contribution in [0.3, 0.4) is 0 Å². The van der Waals surface area contributed by atoms with E-state index in [9.17, 15) is 0 Å². The standard InChI is InChI=1S/C10H6BrN3S/c11-9-8(14-10(13)15-9)7-3-1-2-6(4-7)5-12/h1-4H,(H2,13,14). The van der Waals surface area contributed by atoms with Crippen LogP contribution in [0.5, 0.6) is 0 Å². The van der Waals surface area contributed by atoms with Gasteiger partial charge in [0.25, 0.3) is 0 Å². The topological polar surface area (TPSA) is 62.7 Å². The summed E-state index contributed by atoms with van der Waals surface area (Å²) in [7, 11) is 0. The number of hydrogen-bond acceptors (Lipinski definition) is 4. The summed E-state index contributed by atoms with van der Waals surface area (Å²) in [5, 5.41) is 9.29. The summed E-state index contributed by atoms with van der Waals surface area (Å²) in [5.41, 5.74) is 7.90. The Morgan fingerprint density at radius 3 is 2.87 bits per heavy atom. The van der Waals surface area contributed by atoms with Gasteiger partial charge in [0.15, 0.2) is 5.13 Å². The molecule has 1 heterocycles. The van der Waals surface area contributed by atoms with Crippen LogP contribution in [0.2, 0.25) is 0 Å². The number of rotatable bonds is 1. The molecule has 5 heteroatoms. The first kappa shape index (κ1) is 10.1. The summed E-state index contributed by atoms with van der Waals surface area (Å²) >= 11 is 4.77. The molecule has 1 aromatic heterocycles. The van der Waals surface area contributed by atoms with Crippen LogP contribution in [-0.2, 0) is 0 Å². The van der Waals surface area contributed by atoms with Gasteiger partial charge in [-0.1, -0.05) is 23.5 Å². The average molecular weight is 280 g/mol. The quantitative estimate of drug-likeness (QED) is 0.873. The summed E-state index contributed by atoms with van der Waals surface area (Å²) in [6.45, 7) is 0. The van der Waals surface area contributed by atoms with Gasteiger partial charge in [-0.2, -0.15) is 5.26 Å². The molecule has 0 atom stereocenters. The minimum atomic E-state index is 0.513. The van der Waals surface area contributed by atoms with Gasteiger partial charge in [0.2, 0.25) is 0 Å². The molecule has 15 heavy (non-hydrogen) atoms. The lowest BCUT2D eigenvalue weighted by atomic mass is 10.1. The molecule has 0 saturated carbocycles. The van der Waals surface area contributed by atoms with Crippen molar-refractivity contribution in [3.05, 3.63) is 33.6 Å². The number of anilines is 1. The average Bonchev–Trinajstić information content (AvgIpc) is 2.58. The van der Waals surface area contributed by atoms with E-state index in [2.05, 4.69) is 27.0 Å². The summed E-state index contributed by atoms with van der Waals surface area (Å²) < 4.78 is 0.884. The summed E-state index contributed by atoms with van der Waals surface area (Å²) in [6, 6.07) is 9.37. The Bertz CT molecular complexity index is 542. The second-order valence-electron chi connectivity index (χ2n) is 2.87. The highest BCUT2D eigenvalue weighted by atomic mass is 79.9. The third-order valence-electron chi connectivity index (χ3n) is 1.87. The minimum absolute atomic E-state index is 0.513. The Balaban J connectivity index is 2.55. The molecular formula is C10H6BrN3S. The maximum atomic E-state index is 8.78. The molecule has 1 aromatic carbocycles. The lowest BCUT2D eigenvalue weighted by Crippen LogP contribution is -1.84. The molecule has 0 saturated heterocycles. The molecule has 0 amide bonds. The molecular weight excluding hydrogens is 274 g/mol. The molecule has 0 aliphatic carbocycles. The van der Waals surface area contributed by atoms with Crippen molar-refractivity contribution in [2.75, 3.05) is 5.73 Å². The minimum Gasteiger partial charge on any atom is -0.375 e. The molecule has 0 radical (unpaired) electrons. The maximum absolute atomic E-state index is 8.78. The predicted molar refractivity (Wildman–Crippen MR) is 64.4 cm³/mol. The van der Waals surface area contributed by atoms with Gasteiger partial charge in [0.1, 0.15) is 0 Å². The molecule has 0 fully saturated rings. The van der Waals surface area contributed by atoms with Gasteiger partial charge in [-0.15, -0.1) is 0 Å². The largest absolute Gasteiger partial charge is 0.375 e. The van der Waals surface area contributed by atoms with E-state index in [0.29, 0.717) is 10.7 Å². The first-order chi connectivity index (χ1) is 7.20. The molecule has 0 spiro atoms. The Labute approximate surface area is 99.3 Å². The summed E-state index contributed by atoms with van der Waals surface area (Å²) in [6.07, 6.45) is 0. The van der Waals surface area contributed by atoms with Gasteiger partial charge in [-0.25, -0.2) is 4.98 Å². The van der Waals surface area contributed by atoms with Gasteiger partial charge >= 0.3 is 0 Å². The molecule has 3 nitrogen and oxygen atoms in total. The molecule has 2 aromatic rings. The number of halogens is 1. The van der Waals surface area contributed by atoms with Crippen LogP contribution in [0.4, 0.5) is 5.13 Å². The van der Waals surface area contributed by atoms with E-state index >= 15 is 0 Å². The number of thiazole rings is 1. The van der Waals surface area contributed by atoms with E-state index in [1.807, 2.05) is 12.1 Å². The number of hydrogen-bond donors (Lipinski definition) is 1. The van der Waals surface area contributed by atoms with Crippen LogP contribution < -0.4 is 5.73 Å². The first-order valence-electron chi connectivity index (χ1n) is 4.13. The molecule has 2 N–H and O–H groups in total. The predicted octanol–water partition coefficient (Wildman–Crippen LogP) is 3.03. The Hall–Kier alpha value is -1.38. The highest BCUT2D eigenvalue weighted by Crippen LogP contribution is 2.34. The van der Waals surface area contributed by atoms with E-state index in [0.717, 1.165) is 15.0 Å². The van der Waals surface area contributed by atoms with Gasteiger partial charge in [0.05, 0.1) is 21.1 Å². The maximum Gasteiger partial charge on any atom is 0.181 e. The Morgan fingerprint density at radius 2 is 2.27 bits per heavy atom. The van der Waals surface area contributed by atoms with Crippen molar-refractivity contribution in [1.29, 1.82) is 5.26 Å². The van der Waals surface area contributed by atoms with Crippen molar-refractivity contribution in [2.45, 2.75) is 0 Å². The van der Waals surface area contributed by atoms with Crippen LogP contribution >= 0.6 is 27.3 Å². The molecule has 0 aliphatic rings. The number of nitrogens with zero attached hydrogens (tertiary/aromatic N) is 2. The number of nitrogens with two attached hydrogens (primary N) is 1. The SMILES string of the molecule is N#Cc1cccc(-c2nc(N)sc2Br)c1. The molecule has 0 unspecified atom stereocenters. The normalized spacial score (nSPS) is 9.87. The van der Waals surface area contributed by atoms with E-state index in [-0.39, 0.29) is 0 Å². The van der Waals surface area contributed by atoms with Crippen LogP contribution in [0.1, 0.15) is 5.56 Å². The fourth-order valence-electron chi connectivity index (χ4n) is 1.23. The van der Waals surface area contributed by atoms with Gasteiger partial charge in [-0.05, 0) is 28.1 Å². The fraction of sp³-hybridized carbons (Fsp3) is 0. The Morgan fingerprint density at radius 1 is 1.47 bits per heavy atom. The second-order valence-corrected chi connectivity index (χ2v) is 5.22. The molecule has 2 rings (SSSR count). The van der Waals surface area contributed by atoms with Crippen LogP contribution in [0.25, 0.3) is 11.3 Å². The smallest absolute Gasteiger partial charge is 0.181 e. The van der Waals surface area contributed by atoms with Crippen LogP contribution in [0, 0.1) is 11.3 Å². The molecule has 0 bridgehead atoms. The zero-order valence-corrected chi connectivity index (χ0v) is 9.97. The zero-order valence-electron chi connectivity index (χ0n) is 7.57. The third kappa shape index (κ3) is 2.01. The van der Waals surface area contributed by atoms with Crippen molar-refractivity contribution in [3.63, 3.8) is 0 Å². The van der Waals surface area contributed by atoms with Crippen molar-refractivity contribution < 1.29 is 0 Å². The number of benzene rings is 1. The van der Waals surface area contributed by atoms with E-state index in [1.54, 1.807) is 12.1 Å². The van der Waals surface area contributed by atoms with Gasteiger partial charge < -0.3 is 5.73 Å². The Kier molecular flexibility index (Phi) is 2.71. The molecule has 74 valence electrons. The summed E-state index contributed by atoms with van der Waals surface area (Å²) in [4.78, 5) is 4.20. The van der Waals surface area contributed by atoms with Gasteiger partial charge in [0, 0.05) is 5.56 Å².